The second-order valence-corrected chi connectivity index (χ2v) is 6.58. The SMILES string of the molecule is CC[C@H](NC(=S)Nc1cccc(N2CCCC2=O)c1)c1ccccc1. The lowest BCUT2D eigenvalue weighted by Gasteiger charge is -2.21. The molecule has 1 saturated heterocycles. The van der Waals surface area contributed by atoms with Crippen LogP contribution in [0, 0.1) is 0 Å². The molecule has 0 radical (unpaired) electrons. The number of hydrogen-bond donors (Lipinski definition) is 2. The Labute approximate surface area is 154 Å². The minimum absolute atomic E-state index is 0.171. The van der Waals surface area contributed by atoms with Gasteiger partial charge >= 0.3 is 0 Å². The molecule has 2 N–H and O–H groups in total. The summed E-state index contributed by atoms with van der Waals surface area (Å²) < 4.78 is 0. The van der Waals surface area contributed by atoms with Gasteiger partial charge in [0.05, 0.1) is 6.04 Å². The highest BCUT2D eigenvalue weighted by Gasteiger charge is 2.21. The van der Waals surface area contributed by atoms with Crippen LogP contribution in [0.3, 0.4) is 0 Å². The second kappa shape index (κ2) is 8.12. The molecule has 1 aliphatic rings. The molecule has 0 aromatic heterocycles. The van der Waals surface area contributed by atoms with Crippen LogP contribution in [0.1, 0.15) is 37.8 Å². The van der Waals surface area contributed by atoms with Crippen LogP contribution >= 0.6 is 12.2 Å². The van der Waals surface area contributed by atoms with E-state index < -0.39 is 0 Å². The number of nitrogens with zero attached hydrogens (tertiary/aromatic N) is 1. The van der Waals surface area contributed by atoms with Gasteiger partial charge in [-0.1, -0.05) is 43.3 Å². The van der Waals surface area contributed by atoms with E-state index in [0.29, 0.717) is 11.5 Å². The van der Waals surface area contributed by atoms with Gasteiger partial charge in [0.2, 0.25) is 5.91 Å². The molecule has 0 spiro atoms. The third-order valence-electron chi connectivity index (χ3n) is 4.40. The summed E-state index contributed by atoms with van der Waals surface area (Å²) in [7, 11) is 0. The van der Waals surface area contributed by atoms with Crippen molar-refractivity contribution >= 4 is 34.6 Å². The molecule has 1 amide bonds. The predicted molar refractivity (Wildman–Crippen MR) is 107 cm³/mol. The van der Waals surface area contributed by atoms with Gasteiger partial charge in [-0.2, -0.15) is 0 Å². The first kappa shape index (κ1) is 17.4. The molecule has 130 valence electrons. The highest BCUT2D eigenvalue weighted by Crippen LogP contribution is 2.24. The highest BCUT2D eigenvalue weighted by atomic mass is 32.1. The number of rotatable bonds is 5. The molecule has 1 fully saturated rings. The molecule has 0 bridgehead atoms. The number of amides is 1. The minimum atomic E-state index is 0.171. The number of carbonyl (C=O) groups is 1. The fraction of sp³-hybridized carbons (Fsp3) is 0.300. The molecule has 4 nitrogen and oxygen atoms in total. The van der Waals surface area contributed by atoms with E-state index in [4.69, 9.17) is 12.2 Å². The lowest BCUT2D eigenvalue weighted by molar-refractivity contribution is -0.117. The molecule has 0 unspecified atom stereocenters. The molecule has 2 aromatic carbocycles. The quantitative estimate of drug-likeness (QED) is 0.789. The molecule has 1 heterocycles. The Morgan fingerprint density at radius 1 is 1.20 bits per heavy atom. The summed E-state index contributed by atoms with van der Waals surface area (Å²) in [4.78, 5) is 13.8. The van der Waals surface area contributed by atoms with Crippen molar-refractivity contribution in [3.05, 3.63) is 60.2 Å². The smallest absolute Gasteiger partial charge is 0.227 e. The number of carbonyl (C=O) groups excluding carboxylic acids is 1. The van der Waals surface area contributed by atoms with Gasteiger partial charge in [-0.3, -0.25) is 4.79 Å². The van der Waals surface area contributed by atoms with E-state index in [9.17, 15) is 4.79 Å². The molecular weight excluding hydrogens is 330 g/mol. The van der Waals surface area contributed by atoms with Gasteiger partial charge < -0.3 is 15.5 Å². The molecule has 2 aromatic rings. The van der Waals surface area contributed by atoms with E-state index in [0.717, 1.165) is 30.8 Å². The number of thiocarbonyl (C=S) groups is 1. The summed E-state index contributed by atoms with van der Waals surface area (Å²) in [6.07, 6.45) is 2.49. The number of nitrogens with one attached hydrogen (secondary N) is 2. The van der Waals surface area contributed by atoms with Crippen LogP contribution in [0.2, 0.25) is 0 Å². The van der Waals surface area contributed by atoms with Crippen LogP contribution in [0.25, 0.3) is 0 Å². The van der Waals surface area contributed by atoms with Gasteiger partial charge in [-0.15, -0.1) is 0 Å². The van der Waals surface area contributed by atoms with Crippen LogP contribution in [-0.2, 0) is 4.79 Å². The Morgan fingerprint density at radius 2 is 2.00 bits per heavy atom. The Kier molecular flexibility index (Phi) is 5.66. The monoisotopic (exact) mass is 353 g/mol. The number of benzene rings is 2. The Hall–Kier alpha value is -2.40. The van der Waals surface area contributed by atoms with E-state index in [-0.39, 0.29) is 11.9 Å². The average Bonchev–Trinajstić information content (AvgIpc) is 3.06. The maximum Gasteiger partial charge on any atom is 0.227 e. The van der Waals surface area contributed by atoms with Crippen molar-refractivity contribution in [2.24, 2.45) is 0 Å². The molecule has 1 atom stereocenters. The maximum atomic E-state index is 11.9. The Balaban J connectivity index is 1.65. The molecule has 0 aliphatic carbocycles. The molecule has 0 saturated carbocycles. The van der Waals surface area contributed by atoms with Gasteiger partial charge in [0.15, 0.2) is 5.11 Å². The van der Waals surface area contributed by atoms with Crippen molar-refractivity contribution in [3.63, 3.8) is 0 Å². The highest BCUT2D eigenvalue weighted by molar-refractivity contribution is 7.80. The summed E-state index contributed by atoms with van der Waals surface area (Å²) in [6.45, 7) is 2.92. The summed E-state index contributed by atoms with van der Waals surface area (Å²) in [6, 6.07) is 18.3. The van der Waals surface area contributed by atoms with Crippen molar-refractivity contribution in [2.75, 3.05) is 16.8 Å². The van der Waals surface area contributed by atoms with Crippen LogP contribution in [0.4, 0.5) is 11.4 Å². The van der Waals surface area contributed by atoms with Crippen LogP contribution in [0.15, 0.2) is 54.6 Å². The van der Waals surface area contributed by atoms with E-state index in [2.05, 4.69) is 29.7 Å². The zero-order chi connectivity index (χ0) is 17.6. The van der Waals surface area contributed by atoms with Crippen molar-refractivity contribution in [2.45, 2.75) is 32.2 Å². The number of hydrogen-bond acceptors (Lipinski definition) is 2. The molecule has 1 aliphatic heterocycles. The molecular formula is C20H23N3OS. The summed E-state index contributed by atoms with van der Waals surface area (Å²) >= 11 is 5.48. The largest absolute Gasteiger partial charge is 0.356 e. The topological polar surface area (TPSA) is 44.4 Å². The normalized spacial score (nSPS) is 15.1. The first-order valence-corrected chi connectivity index (χ1v) is 9.11. The zero-order valence-corrected chi connectivity index (χ0v) is 15.2. The summed E-state index contributed by atoms with van der Waals surface area (Å²) in [5.41, 5.74) is 3.02. The lowest BCUT2D eigenvalue weighted by Crippen LogP contribution is -2.32. The van der Waals surface area contributed by atoms with E-state index in [1.54, 1.807) is 0 Å². The average molecular weight is 353 g/mol. The first-order chi connectivity index (χ1) is 12.2. The third kappa shape index (κ3) is 4.37. The van der Waals surface area contributed by atoms with Crippen LogP contribution in [-0.4, -0.2) is 17.6 Å². The lowest BCUT2D eigenvalue weighted by atomic mass is 10.1. The van der Waals surface area contributed by atoms with Gasteiger partial charge in [0.1, 0.15) is 0 Å². The zero-order valence-electron chi connectivity index (χ0n) is 14.4. The van der Waals surface area contributed by atoms with Crippen molar-refractivity contribution in [1.82, 2.24) is 5.32 Å². The molecule has 5 heteroatoms. The van der Waals surface area contributed by atoms with E-state index in [1.165, 1.54) is 5.56 Å². The van der Waals surface area contributed by atoms with Gasteiger partial charge in [0, 0.05) is 24.3 Å². The predicted octanol–water partition coefficient (Wildman–Crippen LogP) is 4.25. The van der Waals surface area contributed by atoms with E-state index in [1.807, 2.05) is 47.4 Å². The Bertz CT molecular complexity index is 748. The maximum absolute atomic E-state index is 11.9. The van der Waals surface area contributed by atoms with Crippen molar-refractivity contribution in [3.8, 4) is 0 Å². The van der Waals surface area contributed by atoms with E-state index >= 15 is 0 Å². The molecule has 3 rings (SSSR count). The van der Waals surface area contributed by atoms with Gasteiger partial charge in [0.25, 0.3) is 0 Å². The minimum Gasteiger partial charge on any atom is -0.356 e. The van der Waals surface area contributed by atoms with Crippen LogP contribution in [0.5, 0.6) is 0 Å². The summed E-state index contributed by atoms with van der Waals surface area (Å²) in [5.74, 6) is 0.188. The third-order valence-corrected chi connectivity index (χ3v) is 4.62. The van der Waals surface area contributed by atoms with Gasteiger partial charge in [-0.25, -0.2) is 0 Å². The fourth-order valence-electron chi connectivity index (χ4n) is 3.10. The summed E-state index contributed by atoms with van der Waals surface area (Å²) in [5, 5.41) is 7.19. The van der Waals surface area contributed by atoms with Crippen LogP contribution < -0.4 is 15.5 Å². The van der Waals surface area contributed by atoms with Crippen molar-refractivity contribution in [1.29, 1.82) is 0 Å². The fourth-order valence-corrected chi connectivity index (χ4v) is 3.36. The second-order valence-electron chi connectivity index (χ2n) is 6.17. The van der Waals surface area contributed by atoms with Crippen molar-refractivity contribution < 1.29 is 4.79 Å². The standard InChI is InChI=1S/C20H23N3OS/c1-2-18(15-8-4-3-5-9-15)22-20(25)21-16-10-6-11-17(14-16)23-13-7-12-19(23)24/h3-6,8-11,14,18H,2,7,12-13H2,1H3,(H2,21,22,25)/t18-/m0/s1. The first-order valence-electron chi connectivity index (χ1n) is 8.70. The molecule has 25 heavy (non-hydrogen) atoms. The Morgan fingerprint density at radius 3 is 2.68 bits per heavy atom. The van der Waals surface area contributed by atoms with Gasteiger partial charge in [-0.05, 0) is 48.8 Å². The number of anilines is 2.